The Bertz CT molecular complexity index is 490. The van der Waals surface area contributed by atoms with Gasteiger partial charge in [0.25, 0.3) is 0 Å². The van der Waals surface area contributed by atoms with Crippen LogP contribution >= 0.6 is 0 Å². The molecular weight excluding hydrogens is 182 g/mol. The Morgan fingerprint density at radius 2 is 2.36 bits per heavy atom. The predicted octanol–water partition coefficient (Wildman–Crippen LogP) is 0.772. The quantitative estimate of drug-likeness (QED) is 0.611. The van der Waals surface area contributed by atoms with E-state index in [0.29, 0.717) is 11.5 Å². The molecule has 1 aromatic heterocycles. The summed E-state index contributed by atoms with van der Waals surface area (Å²) in [4.78, 5) is 17.4. The zero-order valence-electron chi connectivity index (χ0n) is 7.32. The fraction of sp³-hybridized carbons (Fsp3) is 0.111. The third-order valence-corrected chi connectivity index (χ3v) is 1.87. The number of hydrogen-bond donors (Lipinski definition) is 3. The zero-order valence-corrected chi connectivity index (χ0v) is 7.32. The second-order valence-electron chi connectivity index (χ2n) is 3.03. The highest BCUT2D eigenvalue weighted by molar-refractivity contribution is 5.80. The number of nitrogen functional groups attached to an aromatic ring is 1. The molecule has 0 spiro atoms. The maximum absolute atomic E-state index is 10.4. The number of aliphatic carboxylic acids is 1. The van der Waals surface area contributed by atoms with Gasteiger partial charge in [-0.3, -0.25) is 4.79 Å². The number of fused-ring (bicyclic) bond motifs is 1. The number of nitrogens with one attached hydrogen (secondary N) is 1. The summed E-state index contributed by atoms with van der Waals surface area (Å²) in [5.74, 6) is -0.463. The largest absolute Gasteiger partial charge is 0.481 e. The number of aromatic nitrogens is 2. The highest BCUT2D eigenvalue weighted by atomic mass is 16.4. The van der Waals surface area contributed by atoms with Gasteiger partial charge in [-0.05, 0) is 18.2 Å². The number of imidazole rings is 1. The molecule has 0 radical (unpaired) electrons. The van der Waals surface area contributed by atoms with Gasteiger partial charge < -0.3 is 15.8 Å². The van der Waals surface area contributed by atoms with Crippen LogP contribution in [0.2, 0.25) is 0 Å². The Kier molecular flexibility index (Phi) is 1.85. The number of nitrogens with two attached hydrogens (primary N) is 1. The highest BCUT2D eigenvalue weighted by Crippen LogP contribution is 2.14. The maximum atomic E-state index is 10.4. The molecule has 14 heavy (non-hydrogen) atoms. The first-order valence-corrected chi connectivity index (χ1v) is 4.11. The van der Waals surface area contributed by atoms with Crippen LogP contribution in [0.15, 0.2) is 18.2 Å². The Labute approximate surface area is 79.6 Å². The van der Waals surface area contributed by atoms with E-state index in [4.69, 9.17) is 10.8 Å². The van der Waals surface area contributed by atoms with Crippen LogP contribution in [-0.4, -0.2) is 21.0 Å². The minimum absolute atomic E-state index is 0.103. The lowest BCUT2D eigenvalue weighted by Gasteiger charge is -1.89. The number of anilines is 1. The molecule has 0 amide bonds. The second kappa shape index (κ2) is 3.02. The number of carbonyl (C=O) groups is 1. The average molecular weight is 191 g/mol. The minimum atomic E-state index is -0.906. The van der Waals surface area contributed by atoms with Crippen LogP contribution in [0, 0.1) is 0 Å². The summed E-state index contributed by atoms with van der Waals surface area (Å²) in [5, 5.41) is 8.56. The first-order valence-electron chi connectivity index (χ1n) is 4.11. The van der Waals surface area contributed by atoms with Gasteiger partial charge in [0.05, 0.1) is 11.0 Å². The van der Waals surface area contributed by atoms with Crippen LogP contribution in [0.4, 0.5) is 5.69 Å². The average Bonchev–Trinajstić information content (AvgIpc) is 2.44. The van der Waals surface area contributed by atoms with Gasteiger partial charge in [0.15, 0.2) is 0 Å². The van der Waals surface area contributed by atoms with Crippen molar-refractivity contribution in [1.82, 2.24) is 9.97 Å². The Hall–Kier alpha value is -2.04. The lowest BCUT2D eigenvalue weighted by Crippen LogP contribution is -2.01. The molecule has 0 unspecified atom stereocenters. The molecule has 4 N–H and O–H groups in total. The third-order valence-electron chi connectivity index (χ3n) is 1.87. The number of rotatable bonds is 2. The number of carboxylic acid groups (broad SMARTS) is 1. The van der Waals surface area contributed by atoms with Crippen LogP contribution in [0.25, 0.3) is 11.0 Å². The number of hydrogen-bond acceptors (Lipinski definition) is 3. The van der Waals surface area contributed by atoms with Crippen LogP contribution in [0.3, 0.4) is 0 Å². The molecule has 0 aliphatic carbocycles. The van der Waals surface area contributed by atoms with Crippen LogP contribution < -0.4 is 5.73 Å². The summed E-state index contributed by atoms with van der Waals surface area (Å²) in [5.41, 5.74) is 7.70. The van der Waals surface area contributed by atoms with Crippen molar-refractivity contribution in [3.8, 4) is 0 Å². The van der Waals surface area contributed by atoms with Crippen molar-refractivity contribution in [2.75, 3.05) is 5.73 Å². The van der Waals surface area contributed by atoms with Gasteiger partial charge in [0, 0.05) is 5.69 Å². The minimum Gasteiger partial charge on any atom is -0.481 e. The van der Waals surface area contributed by atoms with Gasteiger partial charge in [0.2, 0.25) is 0 Å². The first-order chi connectivity index (χ1) is 6.65. The maximum Gasteiger partial charge on any atom is 0.311 e. The molecule has 0 saturated carbocycles. The summed E-state index contributed by atoms with van der Waals surface area (Å²) >= 11 is 0. The van der Waals surface area contributed by atoms with E-state index < -0.39 is 5.97 Å². The molecule has 2 aromatic rings. The van der Waals surface area contributed by atoms with Gasteiger partial charge in [-0.1, -0.05) is 0 Å². The molecule has 0 aliphatic heterocycles. The van der Waals surface area contributed by atoms with Crippen molar-refractivity contribution >= 4 is 22.7 Å². The van der Waals surface area contributed by atoms with Crippen molar-refractivity contribution in [2.45, 2.75) is 6.42 Å². The SMILES string of the molecule is Nc1ccc2nc(CC(=O)O)[nH]c2c1. The zero-order chi connectivity index (χ0) is 10.1. The first kappa shape index (κ1) is 8.55. The lowest BCUT2D eigenvalue weighted by atomic mass is 10.3. The normalized spacial score (nSPS) is 10.6. The van der Waals surface area contributed by atoms with Crippen LogP contribution in [0.1, 0.15) is 5.82 Å². The van der Waals surface area contributed by atoms with E-state index >= 15 is 0 Å². The van der Waals surface area contributed by atoms with E-state index in [1.54, 1.807) is 18.2 Å². The predicted molar refractivity (Wildman–Crippen MR) is 51.8 cm³/mol. The fourth-order valence-corrected chi connectivity index (χ4v) is 1.31. The van der Waals surface area contributed by atoms with Gasteiger partial charge >= 0.3 is 5.97 Å². The topological polar surface area (TPSA) is 92.0 Å². The summed E-state index contributed by atoms with van der Waals surface area (Å²) in [6, 6.07) is 5.22. The van der Waals surface area contributed by atoms with Crippen molar-refractivity contribution in [3.05, 3.63) is 24.0 Å². The van der Waals surface area contributed by atoms with Gasteiger partial charge in [-0.2, -0.15) is 0 Å². The van der Waals surface area contributed by atoms with E-state index in [9.17, 15) is 4.79 Å². The van der Waals surface area contributed by atoms with Gasteiger partial charge in [-0.25, -0.2) is 4.98 Å². The molecular formula is C9H9N3O2. The van der Waals surface area contributed by atoms with E-state index in [1.807, 2.05) is 0 Å². The highest BCUT2D eigenvalue weighted by Gasteiger charge is 2.06. The summed E-state index contributed by atoms with van der Waals surface area (Å²) < 4.78 is 0. The molecule has 5 nitrogen and oxygen atoms in total. The summed E-state index contributed by atoms with van der Waals surface area (Å²) in [6.45, 7) is 0. The Balaban J connectivity index is 2.46. The molecule has 1 aromatic carbocycles. The number of benzene rings is 1. The van der Waals surface area contributed by atoms with E-state index in [2.05, 4.69) is 9.97 Å². The molecule has 0 fully saturated rings. The van der Waals surface area contributed by atoms with E-state index in [-0.39, 0.29) is 6.42 Å². The monoisotopic (exact) mass is 191 g/mol. The summed E-state index contributed by atoms with van der Waals surface area (Å²) in [7, 11) is 0. The molecule has 0 atom stereocenters. The molecule has 5 heteroatoms. The number of carboxylic acids is 1. The summed E-state index contributed by atoms with van der Waals surface area (Å²) in [6.07, 6.45) is -0.103. The molecule has 1 heterocycles. The van der Waals surface area contributed by atoms with Crippen molar-refractivity contribution in [1.29, 1.82) is 0 Å². The van der Waals surface area contributed by atoms with Crippen molar-refractivity contribution in [2.24, 2.45) is 0 Å². The van der Waals surface area contributed by atoms with Crippen molar-refractivity contribution < 1.29 is 9.90 Å². The smallest absolute Gasteiger partial charge is 0.311 e. The number of nitrogens with zero attached hydrogens (tertiary/aromatic N) is 1. The third kappa shape index (κ3) is 1.52. The molecule has 0 aliphatic rings. The molecule has 0 saturated heterocycles. The molecule has 72 valence electrons. The second-order valence-corrected chi connectivity index (χ2v) is 3.03. The van der Waals surface area contributed by atoms with Gasteiger partial charge in [-0.15, -0.1) is 0 Å². The Morgan fingerprint density at radius 1 is 1.57 bits per heavy atom. The van der Waals surface area contributed by atoms with Gasteiger partial charge in [0.1, 0.15) is 12.2 Å². The number of H-pyrrole nitrogens is 1. The Morgan fingerprint density at radius 3 is 3.07 bits per heavy atom. The van der Waals surface area contributed by atoms with E-state index in [0.717, 1.165) is 11.0 Å². The van der Waals surface area contributed by atoms with Crippen molar-refractivity contribution in [3.63, 3.8) is 0 Å². The van der Waals surface area contributed by atoms with Crippen LogP contribution in [0.5, 0.6) is 0 Å². The lowest BCUT2D eigenvalue weighted by molar-refractivity contribution is -0.136. The standard InChI is InChI=1S/C9H9N3O2/c10-5-1-2-6-7(3-5)12-8(11-6)4-9(13)14/h1-3H,4,10H2,(H,11,12)(H,13,14). The number of aromatic amines is 1. The van der Waals surface area contributed by atoms with E-state index in [1.165, 1.54) is 0 Å². The fourth-order valence-electron chi connectivity index (χ4n) is 1.31. The molecule has 0 bridgehead atoms. The van der Waals surface area contributed by atoms with Crippen LogP contribution in [-0.2, 0) is 11.2 Å². The molecule has 2 rings (SSSR count).